The average Bonchev–Trinajstić information content (AvgIpc) is 3.02. The zero-order valence-electron chi connectivity index (χ0n) is 19.9. The fraction of sp³-hybridized carbons (Fsp3) is 0.783. The smallest absolute Gasteiger partial charge is 0.287 e. The van der Waals surface area contributed by atoms with Crippen LogP contribution in [0.15, 0.2) is 0 Å². The van der Waals surface area contributed by atoms with Gasteiger partial charge in [-0.2, -0.15) is 0 Å². The van der Waals surface area contributed by atoms with Crippen molar-refractivity contribution in [3.05, 3.63) is 0 Å². The lowest BCUT2D eigenvalue weighted by Gasteiger charge is -2.36. The molecule has 2 rings (SSSR count). The Morgan fingerprint density at radius 1 is 1.09 bits per heavy atom. The standard InChI is InChI=1S/C23H38N4O5/c1-13-9-10-27(22(32)16(23(3,4)5)12-25-14(2)28)18(13)21(31)26-17(19(29)20(24)30)11-15-7-6-8-15/h13,15-18H,6-12H2,1-5H3,(H2,24,30)(H,25,28)(H,26,31)/t13-,16+,17?,18-/m0/s1. The summed E-state index contributed by atoms with van der Waals surface area (Å²) in [6, 6.07) is -1.71. The van der Waals surface area contributed by atoms with Gasteiger partial charge >= 0.3 is 0 Å². The molecule has 1 saturated heterocycles. The molecule has 0 aromatic heterocycles. The van der Waals surface area contributed by atoms with Crippen LogP contribution >= 0.6 is 0 Å². The topological polar surface area (TPSA) is 139 Å². The molecule has 1 saturated carbocycles. The maximum Gasteiger partial charge on any atom is 0.287 e. The number of carbonyl (C=O) groups is 5. The van der Waals surface area contributed by atoms with Crippen molar-refractivity contribution in [3.8, 4) is 0 Å². The van der Waals surface area contributed by atoms with Crippen molar-refractivity contribution >= 4 is 29.4 Å². The van der Waals surface area contributed by atoms with Crippen molar-refractivity contribution in [2.24, 2.45) is 28.9 Å². The first-order valence-corrected chi connectivity index (χ1v) is 11.5. The van der Waals surface area contributed by atoms with Crippen LogP contribution in [0.4, 0.5) is 0 Å². The molecule has 0 aromatic rings. The Kier molecular flexibility index (Phi) is 8.42. The number of amides is 4. The van der Waals surface area contributed by atoms with E-state index in [0.717, 1.165) is 19.3 Å². The Bertz CT molecular complexity index is 756. The molecule has 0 spiro atoms. The van der Waals surface area contributed by atoms with Gasteiger partial charge in [0.15, 0.2) is 0 Å². The van der Waals surface area contributed by atoms with Gasteiger partial charge < -0.3 is 21.3 Å². The predicted octanol–water partition coefficient (Wildman–Crippen LogP) is 0.751. The molecule has 0 aromatic carbocycles. The van der Waals surface area contributed by atoms with Gasteiger partial charge in [-0.3, -0.25) is 24.0 Å². The summed E-state index contributed by atoms with van der Waals surface area (Å²) in [4.78, 5) is 63.6. The van der Waals surface area contributed by atoms with Crippen LogP contribution in [0, 0.1) is 23.2 Å². The van der Waals surface area contributed by atoms with E-state index in [1.165, 1.54) is 6.92 Å². The number of nitrogens with two attached hydrogens (primary N) is 1. The highest BCUT2D eigenvalue weighted by molar-refractivity contribution is 6.37. The van der Waals surface area contributed by atoms with Crippen LogP contribution in [0.5, 0.6) is 0 Å². The van der Waals surface area contributed by atoms with Crippen LogP contribution < -0.4 is 16.4 Å². The van der Waals surface area contributed by atoms with Crippen LogP contribution in [-0.4, -0.2) is 59.5 Å². The van der Waals surface area contributed by atoms with Gasteiger partial charge in [-0.05, 0) is 30.1 Å². The largest absolute Gasteiger partial charge is 0.363 e. The monoisotopic (exact) mass is 450 g/mol. The molecule has 0 radical (unpaired) electrons. The number of carbonyl (C=O) groups excluding carboxylic acids is 5. The maximum atomic E-state index is 13.5. The van der Waals surface area contributed by atoms with Gasteiger partial charge in [-0.25, -0.2) is 0 Å². The van der Waals surface area contributed by atoms with Gasteiger partial charge in [-0.15, -0.1) is 0 Å². The fourth-order valence-corrected chi connectivity index (χ4v) is 4.53. The summed E-state index contributed by atoms with van der Waals surface area (Å²) in [5.41, 5.74) is 4.78. The van der Waals surface area contributed by atoms with Crippen molar-refractivity contribution < 1.29 is 24.0 Å². The highest BCUT2D eigenvalue weighted by atomic mass is 16.2. The highest BCUT2D eigenvalue weighted by Crippen LogP contribution is 2.33. The number of nitrogens with zero attached hydrogens (tertiary/aromatic N) is 1. The second-order valence-corrected chi connectivity index (χ2v) is 10.4. The molecule has 1 aliphatic carbocycles. The third-order valence-electron chi connectivity index (χ3n) is 6.82. The number of hydrogen-bond donors (Lipinski definition) is 3. The normalized spacial score (nSPS) is 23.1. The van der Waals surface area contributed by atoms with Crippen molar-refractivity contribution in [1.82, 2.24) is 15.5 Å². The molecule has 4 atom stereocenters. The lowest BCUT2D eigenvalue weighted by atomic mass is 9.79. The summed E-state index contributed by atoms with van der Waals surface area (Å²) in [6.07, 6.45) is 4.02. The summed E-state index contributed by atoms with van der Waals surface area (Å²) >= 11 is 0. The van der Waals surface area contributed by atoms with E-state index < -0.39 is 41.0 Å². The van der Waals surface area contributed by atoms with E-state index in [1.54, 1.807) is 4.90 Å². The zero-order chi connectivity index (χ0) is 24.2. The molecular formula is C23H38N4O5. The first-order chi connectivity index (χ1) is 14.8. The van der Waals surface area contributed by atoms with E-state index >= 15 is 0 Å². The molecule has 9 heteroatoms. The Balaban J connectivity index is 2.19. The molecular weight excluding hydrogens is 412 g/mol. The Labute approximate surface area is 190 Å². The molecule has 2 fully saturated rings. The SMILES string of the molecule is CC(=O)NC[C@H](C(=O)N1CC[C@H](C)[C@H]1C(=O)NC(CC1CCC1)C(=O)C(N)=O)C(C)(C)C. The zero-order valence-corrected chi connectivity index (χ0v) is 19.9. The number of primary amides is 1. The summed E-state index contributed by atoms with van der Waals surface area (Å²) in [5.74, 6) is -3.05. The molecule has 0 bridgehead atoms. The number of likely N-dealkylation sites (tertiary alicyclic amines) is 1. The van der Waals surface area contributed by atoms with Crippen molar-refractivity contribution in [2.45, 2.75) is 78.8 Å². The van der Waals surface area contributed by atoms with Gasteiger partial charge in [0, 0.05) is 20.0 Å². The highest BCUT2D eigenvalue weighted by Gasteiger charge is 2.45. The van der Waals surface area contributed by atoms with Gasteiger partial charge in [0.05, 0.1) is 12.0 Å². The summed E-state index contributed by atoms with van der Waals surface area (Å²) in [7, 11) is 0. The minimum absolute atomic E-state index is 0.103. The number of hydrogen-bond acceptors (Lipinski definition) is 5. The Morgan fingerprint density at radius 2 is 1.72 bits per heavy atom. The van der Waals surface area contributed by atoms with Gasteiger partial charge in [-0.1, -0.05) is 47.0 Å². The molecule has 4 amide bonds. The molecule has 1 aliphatic heterocycles. The van der Waals surface area contributed by atoms with Gasteiger partial charge in [0.2, 0.25) is 23.5 Å². The third-order valence-corrected chi connectivity index (χ3v) is 6.82. The van der Waals surface area contributed by atoms with Gasteiger partial charge in [0.1, 0.15) is 6.04 Å². The minimum Gasteiger partial charge on any atom is -0.363 e. The molecule has 2 aliphatic rings. The van der Waals surface area contributed by atoms with Crippen LogP contribution in [-0.2, 0) is 24.0 Å². The van der Waals surface area contributed by atoms with E-state index in [-0.39, 0.29) is 30.2 Å². The first kappa shape index (κ1) is 25.8. The van der Waals surface area contributed by atoms with E-state index in [4.69, 9.17) is 5.73 Å². The van der Waals surface area contributed by atoms with Crippen LogP contribution in [0.3, 0.4) is 0 Å². The molecule has 1 unspecified atom stereocenters. The van der Waals surface area contributed by atoms with Crippen molar-refractivity contribution in [2.75, 3.05) is 13.1 Å². The first-order valence-electron chi connectivity index (χ1n) is 11.5. The molecule has 32 heavy (non-hydrogen) atoms. The van der Waals surface area contributed by atoms with Crippen LogP contribution in [0.2, 0.25) is 0 Å². The summed E-state index contributed by atoms with van der Waals surface area (Å²) in [6.45, 7) is 9.66. The number of ketones is 1. The predicted molar refractivity (Wildman–Crippen MR) is 119 cm³/mol. The van der Waals surface area contributed by atoms with Crippen LogP contribution in [0.1, 0.15) is 66.7 Å². The molecule has 1 heterocycles. The molecule has 4 N–H and O–H groups in total. The number of Topliss-reactive ketones (excluding diaryl/α,β-unsaturated/α-hetero) is 1. The minimum atomic E-state index is -1.06. The van der Waals surface area contributed by atoms with Gasteiger partial charge in [0.25, 0.3) is 5.91 Å². The van der Waals surface area contributed by atoms with Crippen molar-refractivity contribution in [1.29, 1.82) is 0 Å². The maximum absolute atomic E-state index is 13.5. The molecule has 9 nitrogen and oxygen atoms in total. The molecule has 180 valence electrons. The lowest BCUT2D eigenvalue weighted by molar-refractivity contribution is -0.146. The average molecular weight is 451 g/mol. The third kappa shape index (κ3) is 6.29. The Morgan fingerprint density at radius 3 is 2.19 bits per heavy atom. The van der Waals surface area contributed by atoms with E-state index in [0.29, 0.717) is 19.4 Å². The fourth-order valence-electron chi connectivity index (χ4n) is 4.53. The second-order valence-electron chi connectivity index (χ2n) is 10.4. The number of rotatable bonds is 9. The Hall–Kier alpha value is -2.45. The second kappa shape index (κ2) is 10.4. The summed E-state index contributed by atoms with van der Waals surface area (Å²) < 4.78 is 0. The van der Waals surface area contributed by atoms with Crippen LogP contribution in [0.25, 0.3) is 0 Å². The summed E-state index contributed by atoms with van der Waals surface area (Å²) in [5, 5.41) is 5.45. The lowest BCUT2D eigenvalue weighted by Crippen LogP contribution is -2.56. The van der Waals surface area contributed by atoms with Crippen molar-refractivity contribution in [3.63, 3.8) is 0 Å². The van der Waals surface area contributed by atoms with E-state index in [9.17, 15) is 24.0 Å². The van der Waals surface area contributed by atoms with E-state index in [2.05, 4.69) is 10.6 Å². The quantitative estimate of drug-likeness (QED) is 0.445. The number of nitrogens with one attached hydrogen (secondary N) is 2. The van der Waals surface area contributed by atoms with E-state index in [1.807, 2.05) is 27.7 Å².